The van der Waals surface area contributed by atoms with Crippen LogP contribution in [0.15, 0.2) is 18.2 Å². The Morgan fingerprint density at radius 2 is 2.24 bits per heavy atom. The Kier molecular flexibility index (Phi) is 6.15. The summed E-state index contributed by atoms with van der Waals surface area (Å²) in [5.41, 5.74) is 0. The van der Waals surface area contributed by atoms with Gasteiger partial charge in [0.25, 0.3) is 0 Å². The first-order valence-electron chi connectivity index (χ1n) is 6.98. The molecule has 2 rings (SSSR count). The van der Waals surface area contributed by atoms with E-state index in [1.165, 1.54) is 7.11 Å². The number of esters is 1. The first-order valence-corrected chi connectivity index (χ1v) is 7.74. The number of methoxy groups -OCH3 is 1. The Labute approximate surface area is 134 Å². The second kappa shape index (κ2) is 7.87. The third-order valence-corrected chi connectivity index (χ3v) is 4.13. The van der Waals surface area contributed by atoms with Gasteiger partial charge in [0.1, 0.15) is 12.4 Å². The van der Waals surface area contributed by atoms with E-state index >= 15 is 0 Å². The molecule has 0 spiro atoms. The van der Waals surface area contributed by atoms with Gasteiger partial charge in [-0.1, -0.05) is 23.2 Å². The maximum atomic E-state index is 11.6. The summed E-state index contributed by atoms with van der Waals surface area (Å²) >= 11 is 11.9. The van der Waals surface area contributed by atoms with E-state index in [9.17, 15) is 4.79 Å². The fraction of sp³-hybridized carbons (Fsp3) is 0.533. The third-order valence-electron chi connectivity index (χ3n) is 3.60. The van der Waals surface area contributed by atoms with E-state index in [4.69, 9.17) is 32.7 Å². The van der Waals surface area contributed by atoms with Crippen LogP contribution in [-0.4, -0.2) is 44.2 Å². The highest BCUT2D eigenvalue weighted by molar-refractivity contribution is 6.35. The lowest BCUT2D eigenvalue weighted by Crippen LogP contribution is -2.41. The Bertz CT molecular complexity index is 496. The van der Waals surface area contributed by atoms with Crippen molar-refractivity contribution < 1.29 is 14.3 Å². The molecule has 116 valence electrons. The molecule has 0 amide bonds. The summed E-state index contributed by atoms with van der Waals surface area (Å²) < 4.78 is 10.5. The van der Waals surface area contributed by atoms with Crippen LogP contribution in [0.4, 0.5) is 0 Å². The zero-order valence-electron chi connectivity index (χ0n) is 12.0. The van der Waals surface area contributed by atoms with Crippen LogP contribution in [-0.2, 0) is 9.53 Å². The third kappa shape index (κ3) is 4.77. The molecule has 6 heteroatoms. The summed E-state index contributed by atoms with van der Waals surface area (Å²) in [6.07, 6.45) is 1.90. The van der Waals surface area contributed by atoms with Crippen LogP contribution >= 0.6 is 23.2 Å². The van der Waals surface area contributed by atoms with Crippen molar-refractivity contribution in [3.05, 3.63) is 28.2 Å². The van der Waals surface area contributed by atoms with E-state index in [1.54, 1.807) is 18.2 Å². The van der Waals surface area contributed by atoms with E-state index in [0.29, 0.717) is 22.4 Å². The molecule has 0 aromatic heterocycles. The van der Waals surface area contributed by atoms with Gasteiger partial charge in [-0.15, -0.1) is 0 Å². The predicted molar refractivity (Wildman–Crippen MR) is 83.1 cm³/mol. The minimum Gasteiger partial charge on any atom is -0.491 e. The number of ether oxygens (including phenoxy) is 2. The van der Waals surface area contributed by atoms with E-state index in [2.05, 4.69) is 4.90 Å². The van der Waals surface area contributed by atoms with Gasteiger partial charge in [0, 0.05) is 18.1 Å². The van der Waals surface area contributed by atoms with Gasteiger partial charge in [0.2, 0.25) is 0 Å². The molecular weight excluding hydrogens is 313 g/mol. The summed E-state index contributed by atoms with van der Waals surface area (Å²) in [5.74, 6) is 0.479. The van der Waals surface area contributed by atoms with E-state index in [1.807, 2.05) is 0 Å². The minimum atomic E-state index is -0.124. The van der Waals surface area contributed by atoms with Crippen molar-refractivity contribution in [1.29, 1.82) is 0 Å². The highest BCUT2D eigenvalue weighted by Crippen LogP contribution is 2.27. The number of benzene rings is 1. The summed E-state index contributed by atoms with van der Waals surface area (Å²) in [7, 11) is 1.44. The minimum absolute atomic E-state index is 0.0251. The maximum absolute atomic E-state index is 11.6. The largest absolute Gasteiger partial charge is 0.491 e. The van der Waals surface area contributed by atoms with Crippen LogP contribution < -0.4 is 4.74 Å². The number of likely N-dealkylation sites (tertiary alicyclic amines) is 1. The van der Waals surface area contributed by atoms with Crippen molar-refractivity contribution >= 4 is 29.2 Å². The van der Waals surface area contributed by atoms with Crippen LogP contribution in [0.1, 0.15) is 12.8 Å². The van der Waals surface area contributed by atoms with Gasteiger partial charge in [0.05, 0.1) is 18.1 Å². The van der Waals surface area contributed by atoms with Gasteiger partial charge in [-0.05, 0) is 37.6 Å². The highest BCUT2D eigenvalue weighted by atomic mass is 35.5. The lowest BCUT2D eigenvalue weighted by molar-refractivity contribution is -0.147. The fourth-order valence-corrected chi connectivity index (χ4v) is 2.96. The number of carbonyl (C=O) groups is 1. The van der Waals surface area contributed by atoms with Crippen LogP contribution in [0, 0.1) is 5.92 Å². The predicted octanol–water partition coefficient (Wildman–Crippen LogP) is 3.26. The quantitative estimate of drug-likeness (QED) is 0.776. The van der Waals surface area contributed by atoms with Gasteiger partial charge in [-0.2, -0.15) is 0 Å². The van der Waals surface area contributed by atoms with Crippen LogP contribution in [0.25, 0.3) is 0 Å². The summed E-state index contributed by atoms with van der Waals surface area (Å²) in [6.45, 7) is 2.98. The van der Waals surface area contributed by atoms with Gasteiger partial charge in [-0.25, -0.2) is 0 Å². The maximum Gasteiger partial charge on any atom is 0.309 e. The summed E-state index contributed by atoms with van der Waals surface area (Å²) in [6, 6.07) is 5.17. The average Bonchev–Trinajstić information content (AvgIpc) is 2.49. The molecule has 1 fully saturated rings. The van der Waals surface area contributed by atoms with Crippen LogP contribution in [0.5, 0.6) is 5.75 Å². The molecule has 0 radical (unpaired) electrons. The number of hydrogen-bond donors (Lipinski definition) is 0. The van der Waals surface area contributed by atoms with Gasteiger partial charge < -0.3 is 9.47 Å². The normalized spacial score (nSPS) is 19.3. The first kappa shape index (κ1) is 16.4. The molecular formula is C15H19Cl2NO3. The van der Waals surface area contributed by atoms with Crippen molar-refractivity contribution in [1.82, 2.24) is 4.90 Å². The molecule has 0 bridgehead atoms. The molecule has 0 aliphatic carbocycles. The van der Waals surface area contributed by atoms with Crippen molar-refractivity contribution in [3.63, 3.8) is 0 Å². The van der Waals surface area contributed by atoms with Gasteiger partial charge in [-0.3, -0.25) is 9.69 Å². The Morgan fingerprint density at radius 1 is 1.43 bits per heavy atom. The lowest BCUT2D eigenvalue weighted by atomic mass is 9.98. The number of carbonyl (C=O) groups excluding carboxylic acids is 1. The van der Waals surface area contributed by atoms with Crippen molar-refractivity contribution in [2.45, 2.75) is 12.8 Å². The molecule has 1 aliphatic rings. The molecule has 21 heavy (non-hydrogen) atoms. The monoisotopic (exact) mass is 331 g/mol. The van der Waals surface area contributed by atoms with E-state index in [-0.39, 0.29) is 11.9 Å². The molecule has 0 N–H and O–H groups in total. The Morgan fingerprint density at radius 3 is 2.95 bits per heavy atom. The molecule has 1 atom stereocenters. The summed E-state index contributed by atoms with van der Waals surface area (Å²) in [5, 5.41) is 1.10. The van der Waals surface area contributed by atoms with Crippen LogP contribution in [0.2, 0.25) is 10.0 Å². The lowest BCUT2D eigenvalue weighted by Gasteiger charge is -2.31. The summed E-state index contributed by atoms with van der Waals surface area (Å²) in [4.78, 5) is 13.8. The smallest absolute Gasteiger partial charge is 0.309 e. The molecule has 0 unspecified atom stereocenters. The topological polar surface area (TPSA) is 38.8 Å². The molecule has 1 heterocycles. The molecule has 1 aromatic carbocycles. The number of nitrogens with zero attached hydrogens (tertiary/aromatic N) is 1. The second-order valence-electron chi connectivity index (χ2n) is 5.09. The SMILES string of the molecule is COC(=O)[C@H]1CCCN(CCOc2ccc(Cl)cc2Cl)C1. The number of piperidine rings is 1. The van der Waals surface area contributed by atoms with Gasteiger partial charge >= 0.3 is 5.97 Å². The molecule has 1 aliphatic heterocycles. The molecule has 0 saturated carbocycles. The molecule has 1 saturated heterocycles. The Balaban J connectivity index is 1.79. The zero-order valence-corrected chi connectivity index (χ0v) is 13.5. The molecule has 4 nitrogen and oxygen atoms in total. The standard InChI is InChI=1S/C15H19Cl2NO3/c1-20-15(19)11-3-2-6-18(10-11)7-8-21-14-5-4-12(16)9-13(14)17/h4-5,9,11H,2-3,6-8,10H2,1H3/t11-/m0/s1. The highest BCUT2D eigenvalue weighted by Gasteiger charge is 2.26. The Hall–Kier alpha value is -0.970. The number of hydrogen-bond acceptors (Lipinski definition) is 4. The fourth-order valence-electron chi connectivity index (χ4n) is 2.49. The number of halogens is 2. The van der Waals surface area contributed by atoms with E-state index in [0.717, 1.165) is 32.5 Å². The van der Waals surface area contributed by atoms with Crippen molar-refractivity contribution in [2.75, 3.05) is 33.4 Å². The average molecular weight is 332 g/mol. The first-order chi connectivity index (χ1) is 10.1. The second-order valence-corrected chi connectivity index (χ2v) is 5.93. The van der Waals surface area contributed by atoms with E-state index < -0.39 is 0 Å². The number of rotatable bonds is 5. The van der Waals surface area contributed by atoms with Crippen LogP contribution in [0.3, 0.4) is 0 Å². The van der Waals surface area contributed by atoms with Crippen molar-refractivity contribution in [2.24, 2.45) is 5.92 Å². The molecule has 1 aromatic rings. The van der Waals surface area contributed by atoms with Gasteiger partial charge in [0.15, 0.2) is 0 Å². The van der Waals surface area contributed by atoms with Crippen molar-refractivity contribution in [3.8, 4) is 5.75 Å². The zero-order chi connectivity index (χ0) is 15.2.